The quantitative estimate of drug-likeness (QED) is 0.536. The van der Waals surface area contributed by atoms with Crippen molar-refractivity contribution in [3.8, 4) is 0 Å². The summed E-state index contributed by atoms with van der Waals surface area (Å²) in [4.78, 5) is 11.0. The van der Waals surface area contributed by atoms with Gasteiger partial charge in [-0.3, -0.25) is 4.79 Å². The summed E-state index contributed by atoms with van der Waals surface area (Å²) in [6, 6.07) is 6.46. The Balaban J connectivity index is 1.95. The molecule has 0 saturated heterocycles. The highest BCUT2D eigenvalue weighted by atomic mass is 16.6. The molecule has 1 aromatic rings. The largest absolute Gasteiger partial charge is 0.430 e. The Bertz CT molecular complexity index is 603. The molecule has 1 aromatic carbocycles. The van der Waals surface area contributed by atoms with Crippen molar-refractivity contribution in [2.75, 3.05) is 6.54 Å². The predicted octanol–water partition coefficient (Wildman–Crippen LogP) is 4.32. The standard InChI is InChI=1S/C22H33NO3/c1-16(2)23-14-22(25,26-15-24)19-11-12-20(17-7-3-4-8-17)21(13-19)18-9-5-6-10-18/h11-13,15-18,23,25H,3-10,14H2,1-2H3. The molecule has 2 aliphatic rings. The number of nitrogens with one attached hydrogen (secondary N) is 1. The maximum atomic E-state index is 11.0. The zero-order valence-corrected chi connectivity index (χ0v) is 16.2. The SMILES string of the molecule is CC(C)NCC(O)(OC=O)c1ccc(C2CCCC2)c(C2CCCC2)c1. The second kappa shape index (κ2) is 8.53. The summed E-state index contributed by atoms with van der Waals surface area (Å²) in [7, 11) is 0. The second-order valence-electron chi connectivity index (χ2n) is 8.34. The molecule has 1 unspecified atom stereocenters. The number of aliphatic hydroxyl groups is 1. The van der Waals surface area contributed by atoms with Crippen LogP contribution in [0.1, 0.15) is 93.7 Å². The summed E-state index contributed by atoms with van der Waals surface area (Å²) >= 11 is 0. The molecule has 1 atom stereocenters. The molecule has 0 heterocycles. The van der Waals surface area contributed by atoms with Crippen LogP contribution in [0.15, 0.2) is 18.2 Å². The summed E-state index contributed by atoms with van der Waals surface area (Å²) in [5, 5.41) is 14.2. The lowest BCUT2D eigenvalue weighted by Gasteiger charge is -2.30. The maximum Gasteiger partial charge on any atom is 0.295 e. The monoisotopic (exact) mass is 359 g/mol. The molecule has 0 amide bonds. The Morgan fingerprint density at radius 3 is 2.23 bits per heavy atom. The van der Waals surface area contributed by atoms with Crippen LogP contribution in [0.25, 0.3) is 0 Å². The van der Waals surface area contributed by atoms with Crippen LogP contribution in [0.2, 0.25) is 0 Å². The fourth-order valence-corrected chi connectivity index (χ4v) is 4.65. The number of ether oxygens (including phenoxy) is 1. The number of carbonyl (C=O) groups is 1. The maximum absolute atomic E-state index is 11.0. The van der Waals surface area contributed by atoms with E-state index >= 15 is 0 Å². The molecule has 0 aliphatic heterocycles. The number of benzene rings is 1. The van der Waals surface area contributed by atoms with E-state index in [0.717, 1.165) is 0 Å². The average Bonchev–Trinajstić information content (AvgIpc) is 3.33. The minimum atomic E-state index is -1.62. The Morgan fingerprint density at radius 1 is 1.12 bits per heavy atom. The van der Waals surface area contributed by atoms with Gasteiger partial charge in [-0.05, 0) is 54.7 Å². The van der Waals surface area contributed by atoms with Crippen molar-refractivity contribution in [2.45, 2.75) is 88.9 Å². The van der Waals surface area contributed by atoms with E-state index in [2.05, 4.69) is 17.4 Å². The fourth-order valence-electron chi connectivity index (χ4n) is 4.65. The van der Waals surface area contributed by atoms with Crippen molar-refractivity contribution in [2.24, 2.45) is 0 Å². The molecule has 0 bridgehead atoms. The molecule has 2 fully saturated rings. The van der Waals surface area contributed by atoms with Crippen molar-refractivity contribution >= 4 is 6.47 Å². The highest BCUT2D eigenvalue weighted by Crippen LogP contribution is 2.43. The van der Waals surface area contributed by atoms with E-state index in [1.807, 2.05) is 19.9 Å². The van der Waals surface area contributed by atoms with Gasteiger partial charge in [-0.2, -0.15) is 0 Å². The Morgan fingerprint density at radius 2 is 1.69 bits per heavy atom. The van der Waals surface area contributed by atoms with E-state index < -0.39 is 5.79 Å². The van der Waals surface area contributed by atoms with Gasteiger partial charge in [-0.25, -0.2) is 0 Å². The van der Waals surface area contributed by atoms with E-state index in [0.29, 0.717) is 23.9 Å². The molecule has 0 radical (unpaired) electrons. The summed E-state index contributed by atoms with van der Waals surface area (Å²) in [6.45, 7) is 4.56. The van der Waals surface area contributed by atoms with E-state index in [1.54, 1.807) is 0 Å². The molecule has 4 heteroatoms. The lowest BCUT2D eigenvalue weighted by Crippen LogP contribution is -2.42. The predicted molar refractivity (Wildman–Crippen MR) is 103 cm³/mol. The van der Waals surface area contributed by atoms with Crippen molar-refractivity contribution < 1.29 is 14.6 Å². The molecule has 3 rings (SSSR count). The lowest BCUT2D eigenvalue weighted by molar-refractivity contribution is -0.200. The molecular formula is C22H33NO3. The first-order chi connectivity index (χ1) is 12.5. The third-order valence-corrected chi connectivity index (χ3v) is 6.12. The summed E-state index contributed by atoms with van der Waals surface area (Å²) in [6.07, 6.45) is 10.2. The molecule has 4 nitrogen and oxygen atoms in total. The first-order valence-electron chi connectivity index (χ1n) is 10.2. The van der Waals surface area contributed by atoms with Gasteiger partial charge < -0.3 is 15.2 Å². The summed E-state index contributed by atoms with van der Waals surface area (Å²) < 4.78 is 5.16. The van der Waals surface area contributed by atoms with Crippen molar-refractivity contribution in [1.29, 1.82) is 0 Å². The second-order valence-corrected chi connectivity index (χ2v) is 8.34. The lowest BCUT2D eigenvalue weighted by atomic mass is 9.83. The van der Waals surface area contributed by atoms with Gasteiger partial charge in [0.1, 0.15) is 0 Å². The van der Waals surface area contributed by atoms with E-state index in [-0.39, 0.29) is 12.6 Å². The minimum Gasteiger partial charge on any atom is -0.430 e. The molecule has 26 heavy (non-hydrogen) atoms. The van der Waals surface area contributed by atoms with Gasteiger partial charge in [-0.15, -0.1) is 0 Å². The highest BCUT2D eigenvalue weighted by molar-refractivity contribution is 5.43. The van der Waals surface area contributed by atoms with E-state index in [4.69, 9.17) is 4.74 Å². The summed E-state index contributed by atoms with van der Waals surface area (Å²) in [5.74, 6) is -0.397. The van der Waals surface area contributed by atoms with Crippen LogP contribution in [0.5, 0.6) is 0 Å². The number of hydrogen-bond acceptors (Lipinski definition) is 4. The van der Waals surface area contributed by atoms with Gasteiger partial charge in [0, 0.05) is 11.6 Å². The first kappa shape index (κ1) is 19.4. The smallest absolute Gasteiger partial charge is 0.295 e. The Labute approximate surface area is 157 Å². The molecule has 0 aromatic heterocycles. The topological polar surface area (TPSA) is 58.6 Å². The van der Waals surface area contributed by atoms with Crippen LogP contribution in [0.4, 0.5) is 0 Å². The molecule has 2 N–H and O–H groups in total. The van der Waals surface area contributed by atoms with Gasteiger partial charge in [0.05, 0.1) is 6.54 Å². The molecule has 144 valence electrons. The van der Waals surface area contributed by atoms with E-state index in [9.17, 15) is 9.90 Å². The van der Waals surface area contributed by atoms with E-state index in [1.165, 1.54) is 62.5 Å². The van der Waals surface area contributed by atoms with Crippen LogP contribution < -0.4 is 5.32 Å². The number of carbonyl (C=O) groups excluding carboxylic acids is 1. The average molecular weight is 360 g/mol. The molecule has 2 saturated carbocycles. The highest BCUT2D eigenvalue weighted by Gasteiger charge is 2.34. The van der Waals surface area contributed by atoms with Gasteiger partial charge in [0.25, 0.3) is 6.47 Å². The van der Waals surface area contributed by atoms with Crippen LogP contribution in [-0.2, 0) is 15.3 Å². The third-order valence-electron chi connectivity index (χ3n) is 6.12. The number of hydrogen-bond donors (Lipinski definition) is 2. The van der Waals surface area contributed by atoms with Crippen molar-refractivity contribution in [3.63, 3.8) is 0 Å². The van der Waals surface area contributed by atoms with Crippen LogP contribution in [0.3, 0.4) is 0 Å². The third kappa shape index (κ3) is 4.29. The number of rotatable bonds is 8. The molecule has 0 spiro atoms. The van der Waals surface area contributed by atoms with Crippen molar-refractivity contribution in [3.05, 3.63) is 34.9 Å². The van der Waals surface area contributed by atoms with Crippen molar-refractivity contribution in [1.82, 2.24) is 5.32 Å². The van der Waals surface area contributed by atoms with Gasteiger partial charge in [0.2, 0.25) is 5.79 Å². The fraction of sp³-hybridized carbons (Fsp3) is 0.682. The van der Waals surface area contributed by atoms with Crippen LogP contribution >= 0.6 is 0 Å². The van der Waals surface area contributed by atoms with Crippen LogP contribution in [-0.4, -0.2) is 24.2 Å². The summed E-state index contributed by atoms with van der Waals surface area (Å²) in [5.41, 5.74) is 3.52. The molecule has 2 aliphatic carbocycles. The zero-order chi connectivity index (χ0) is 18.6. The zero-order valence-electron chi connectivity index (χ0n) is 16.2. The first-order valence-corrected chi connectivity index (χ1v) is 10.2. The normalized spacial score (nSPS) is 21.2. The van der Waals surface area contributed by atoms with Gasteiger partial charge in [-0.1, -0.05) is 51.7 Å². The molecular weight excluding hydrogens is 326 g/mol. The minimum absolute atomic E-state index is 0.191. The Hall–Kier alpha value is -1.39. The Kier molecular flexibility index (Phi) is 6.36. The van der Waals surface area contributed by atoms with Gasteiger partial charge in [0.15, 0.2) is 0 Å². The van der Waals surface area contributed by atoms with Crippen LogP contribution in [0, 0.1) is 0 Å². The van der Waals surface area contributed by atoms with Gasteiger partial charge >= 0.3 is 0 Å².